The maximum atomic E-state index is 10.9. The third-order valence-electron chi connectivity index (χ3n) is 2.86. The number of benzene rings is 1. The fourth-order valence-electron chi connectivity index (χ4n) is 2.05. The van der Waals surface area contributed by atoms with Gasteiger partial charge in [-0.15, -0.1) is 0 Å². The Morgan fingerprint density at radius 1 is 1.31 bits per heavy atom. The summed E-state index contributed by atoms with van der Waals surface area (Å²) in [5, 5.41) is 8.98. The zero-order valence-corrected chi connectivity index (χ0v) is 9.31. The Hall–Kier alpha value is -1.61. The lowest BCUT2D eigenvalue weighted by Gasteiger charge is -2.15. The van der Waals surface area contributed by atoms with Gasteiger partial charge in [-0.25, -0.2) is 4.79 Å². The Labute approximate surface area is 95.0 Å². The van der Waals surface area contributed by atoms with Crippen molar-refractivity contribution in [3.63, 3.8) is 0 Å². The summed E-state index contributed by atoms with van der Waals surface area (Å²) < 4.78 is 0. The molecule has 0 spiro atoms. The van der Waals surface area contributed by atoms with Crippen LogP contribution < -0.4 is 0 Å². The second kappa shape index (κ2) is 4.49. The predicted octanol–water partition coefficient (Wildman–Crippen LogP) is 1.90. The number of carbonyl (C=O) groups is 1. The standard InChI is InChI=1S/C13H15NO2/c1-10-7-14(9-12(10)13(15)16)8-11-5-3-2-4-6-11/h2-6H,7-9H2,1H3,(H,15,16). The number of aliphatic carboxylic acids is 1. The van der Waals surface area contributed by atoms with Crippen LogP contribution in [0.4, 0.5) is 0 Å². The van der Waals surface area contributed by atoms with Gasteiger partial charge in [0.2, 0.25) is 0 Å². The fraction of sp³-hybridized carbons (Fsp3) is 0.308. The van der Waals surface area contributed by atoms with Crippen LogP contribution in [0.1, 0.15) is 12.5 Å². The maximum Gasteiger partial charge on any atom is 0.332 e. The molecule has 1 aromatic carbocycles. The normalized spacial score (nSPS) is 16.8. The van der Waals surface area contributed by atoms with Crippen molar-refractivity contribution in [1.82, 2.24) is 4.90 Å². The molecule has 3 nitrogen and oxygen atoms in total. The first-order valence-corrected chi connectivity index (χ1v) is 5.35. The van der Waals surface area contributed by atoms with Crippen molar-refractivity contribution in [3.8, 4) is 0 Å². The molecule has 3 heteroatoms. The Kier molecular flexibility index (Phi) is 3.06. The molecule has 1 N–H and O–H groups in total. The summed E-state index contributed by atoms with van der Waals surface area (Å²) in [6.07, 6.45) is 0. The number of rotatable bonds is 3. The molecule has 0 bridgehead atoms. The first-order chi connectivity index (χ1) is 7.66. The fourth-order valence-corrected chi connectivity index (χ4v) is 2.05. The Morgan fingerprint density at radius 2 is 2.00 bits per heavy atom. The van der Waals surface area contributed by atoms with Crippen LogP contribution in [0.2, 0.25) is 0 Å². The zero-order valence-electron chi connectivity index (χ0n) is 9.31. The molecule has 0 saturated heterocycles. The largest absolute Gasteiger partial charge is 0.478 e. The Morgan fingerprint density at radius 3 is 2.56 bits per heavy atom. The van der Waals surface area contributed by atoms with Gasteiger partial charge in [-0.3, -0.25) is 4.90 Å². The Bertz CT molecular complexity index is 423. The summed E-state index contributed by atoms with van der Waals surface area (Å²) in [7, 11) is 0. The van der Waals surface area contributed by atoms with E-state index in [-0.39, 0.29) is 0 Å². The topological polar surface area (TPSA) is 40.5 Å². The van der Waals surface area contributed by atoms with E-state index < -0.39 is 5.97 Å². The third-order valence-corrected chi connectivity index (χ3v) is 2.86. The quantitative estimate of drug-likeness (QED) is 0.840. The molecular weight excluding hydrogens is 202 g/mol. The van der Waals surface area contributed by atoms with Crippen LogP contribution in [0.5, 0.6) is 0 Å². The van der Waals surface area contributed by atoms with Crippen molar-refractivity contribution in [3.05, 3.63) is 47.0 Å². The van der Waals surface area contributed by atoms with Crippen molar-refractivity contribution in [2.24, 2.45) is 0 Å². The van der Waals surface area contributed by atoms with Crippen molar-refractivity contribution in [2.45, 2.75) is 13.5 Å². The van der Waals surface area contributed by atoms with Gasteiger partial charge in [-0.05, 0) is 18.1 Å². The lowest BCUT2D eigenvalue weighted by atomic mass is 10.2. The lowest BCUT2D eigenvalue weighted by Crippen LogP contribution is -2.21. The van der Waals surface area contributed by atoms with Crippen LogP contribution >= 0.6 is 0 Å². The second-order valence-corrected chi connectivity index (χ2v) is 4.19. The van der Waals surface area contributed by atoms with Gasteiger partial charge in [0, 0.05) is 19.6 Å². The molecule has 1 heterocycles. The van der Waals surface area contributed by atoms with E-state index in [9.17, 15) is 4.79 Å². The van der Waals surface area contributed by atoms with Crippen molar-refractivity contribution >= 4 is 5.97 Å². The van der Waals surface area contributed by atoms with E-state index in [1.165, 1.54) is 5.56 Å². The molecule has 0 amide bonds. The summed E-state index contributed by atoms with van der Waals surface area (Å²) in [5.74, 6) is -0.784. The minimum absolute atomic E-state index is 0.552. The number of carboxylic acids is 1. The average Bonchev–Trinajstić information content (AvgIpc) is 2.61. The van der Waals surface area contributed by atoms with Crippen molar-refractivity contribution in [2.75, 3.05) is 13.1 Å². The van der Waals surface area contributed by atoms with Crippen LogP contribution in [0, 0.1) is 0 Å². The van der Waals surface area contributed by atoms with E-state index in [1.54, 1.807) is 0 Å². The molecule has 0 aromatic heterocycles. The summed E-state index contributed by atoms with van der Waals surface area (Å²) in [6, 6.07) is 10.1. The van der Waals surface area contributed by atoms with Gasteiger partial charge in [0.25, 0.3) is 0 Å². The third kappa shape index (κ3) is 2.31. The van der Waals surface area contributed by atoms with Crippen LogP contribution in [0.3, 0.4) is 0 Å². The van der Waals surface area contributed by atoms with E-state index in [0.717, 1.165) is 18.7 Å². The molecule has 0 fully saturated rings. The van der Waals surface area contributed by atoms with Gasteiger partial charge in [0.1, 0.15) is 0 Å². The predicted molar refractivity (Wildman–Crippen MR) is 62.1 cm³/mol. The van der Waals surface area contributed by atoms with Crippen molar-refractivity contribution in [1.29, 1.82) is 0 Å². The Balaban J connectivity index is 2.00. The molecule has 1 aliphatic rings. The molecule has 16 heavy (non-hydrogen) atoms. The van der Waals surface area contributed by atoms with Gasteiger partial charge < -0.3 is 5.11 Å². The smallest absolute Gasteiger partial charge is 0.332 e. The summed E-state index contributed by atoms with van der Waals surface area (Å²) in [5.41, 5.74) is 2.75. The monoisotopic (exact) mass is 217 g/mol. The maximum absolute atomic E-state index is 10.9. The van der Waals surface area contributed by atoms with Gasteiger partial charge in [0.15, 0.2) is 0 Å². The molecule has 0 radical (unpaired) electrons. The lowest BCUT2D eigenvalue weighted by molar-refractivity contribution is -0.132. The van der Waals surface area contributed by atoms with Gasteiger partial charge in [0.05, 0.1) is 5.57 Å². The number of hydrogen-bond acceptors (Lipinski definition) is 2. The summed E-state index contributed by atoms with van der Waals surface area (Å²) in [6.45, 7) is 4.02. The van der Waals surface area contributed by atoms with E-state index >= 15 is 0 Å². The molecule has 1 aliphatic heterocycles. The molecule has 0 aliphatic carbocycles. The highest BCUT2D eigenvalue weighted by Gasteiger charge is 2.23. The van der Waals surface area contributed by atoms with E-state index in [4.69, 9.17) is 5.11 Å². The number of nitrogens with zero attached hydrogens (tertiary/aromatic N) is 1. The molecule has 0 saturated carbocycles. The summed E-state index contributed by atoms with van der Waals surface area (Å²) in [4.78, 5) is 13.1. The zero-order chi connectivity index (χ0) is 11.5. The molecule has 0 atom stereocenters. The highest BCUT2D eigenvalue weighted by molar-refractivity contribution is 5.88. The second-order valence-electron chi connectivity index (χ2n) is 4.19. The van der Waals surface area contributed by atoms with Crippen LogP contribution in [-0.2, 0) is 11.3 Å². The molecular formula is C13H15NO2. The highest BCUT2D eigenvalue weighted by Crippen LogP contribution is 2.19. The molecule has 84 valence electrons. The molecule has 1 aromatic rings. The summed E-state index contributed by atoms with van der Waals surface area (Å²) >= 11 is 0. The van der Waals surface area contributed by atoms with Crippen LogP contribution in [-0.4, -0.2) is 29.1 Å². The van der Waals surface area contributed by atoms with E-state index in [1.807, 2.05) is 25.1 Å². The van der Waals surface area contributed by atoms with E-state index in [2.05, 4.69) is 17.0 Å². The van der Waals surface area contributed by atoms with Crippen molar-refractivity contribution < 1.29 is 9.90 Å². The van der Waals surface area contributed by atoms with Crippen LogP contribution in [0.25, 0.3) is 0 Å². The minimum Gasteiger partial charge on any atom is -0.478 e. The first kappa shape index (κ1) is 10.9. The number of hydrogen-bond donors (Lipinski definition) is 1. The van der Waals surface area contributed by atoms with Gasteiger partial charge in [-0.1, -0.05) is 30.3 Å². The molecule has 0 unspecified atom stereocenters. The number of carboxylic acid groups (broad SMARTS) is 1. The minimum atomic E-state index is -0.784. The first-order valence-electron chi connectivity index (χ1n) is 5.35. The van der Waals surface area contributed by atoms with Gasteiger partial charge in [-0.2, -0.15) is 0 Å². The highest BCUT2D eigenvalue weighted by atomic mass is 16.4. The SMILES string of the molecule is CC1=C(C(=O)O)CN(Cc2ccccc2)C1. The van der Waals surface area contributed by atoms with E-state index in [0.29, 0.717) is 12.1 Å². The van der Waals surface area contributed by atoms with Gasteiger partial charge >= 0.3 is 5.97 Å². The van der Waals surface area contributed by atoms with Crippen LogP contribution in [0.15, 0.2) is 41.5 Å². The molecule has 2 rings (SSSR count). The average molecular weight is 217 g/mol.